The average molecular weight is 691 g/mol. The highest BCUT2D eigenvalue weighted by Crippen LogP contribution is 2.47. The lowest BCUT2D eigenvalue weighted by molar-refractivity contribution is -0.956. The third kappa shape index (κ3) is 8.61. The highest BCUT2D eigenvalue weighted by atomic mass is 16.5. The van der Waals surface area contributed by atoms with Gasteiger partial charge in [0.25, 0.3) is 0 Å². The van der Waals surface area contributed by atoms with Gasteiger partial charge in [0, 0.05) is 51.4 Å². The van der Waals surface area contributed by atoms with Gasteiger partial charge in [0.2, 0.25) is 0 Å². The molecule has 0 N–H and O–H groups in total. The third-order valence-corrected chi connectivity index (χ3v) is 11.3. The van der Waals surface area contributed by atoms with Gasteiger partial charge in [-0.25, -0.2) is 4.79 Å². The van der Waals surface area contributed by atoms with E-state index in [1.165, 1.54) is 49.3 Å². The summed E-state index contributed by atoms with van der Waals surface area (Å²) in [5, 5.41) is 0. The highest BCUT2D eigenvalue weighted by Gasteiger charge is 2.56. The Morgan fingerprint density at radius 2 is 1.33 bits per heavy atom. The van der Waals surface area contributed by atoms with Crippen molar-refractivity contribution < 1.29 is 28.3 Å². The van der Waals surface area contributed by atoms with Crippen molar-refractivity contribution >= 4 is 17.7 Å². The van der Waals surface area contributed by atoms with Crippen LogP contribution in [-0.4, -0.2) is 53.5 Å². The number of ether oxygens (including phenoxy) is 2. The molecule has 3 aromatic rings. The second kappa shape index (κ2) is 17.8. The molecule has 270 valence electrons. The lowest BCUT2D eigenvalue weighted by atomic mass is 9.71. The monoisotopic (exact) mass is 690 g/mol. The van der Waals surface area contributed by atoms with E-state index >= 15 is 0 Å². The van der Waals surface area contributed by atoms with Crippen LogP contribution in [0.5, 0.6) is 0 Å². The van der Waals surface area contributed by atoms with Crippen LogP contribution in [0.1, 0.15) is 113 Å². The Bertz CT molecular complexity index is 1590. The van der Waals surface area contributed by atoms with Gasteiger partial charge in [0.05, 0.1) is 30.7 Å². The van der Waals surface area contributed by atoms with E-state index in [4.69, 9.17) is 9.47 Å². The average Bonchev–Trinajstić information content (AvgIpc) is 3.70. The van der Waals surface area contributed by atoms with Crippen LogP contribution >= 0.6 is 0 Å². The van der Waals surface area contributed by atoms with Gasteiger partial charge < -0.3 is 14.0 Å². The molecule has 0 amide bonds. The summed E-state index contributed by atoms with van der Waals surface area (Å²) in [5.41, 5.74) is 2.57. The van der Waals surface area contributed by atoms with Crippen LogP contribution in [0.4, 0.5) is 0 Å². The summed E-state index contributed by atoms with van der Waals surface area (Å²) in [6, 6.07) is 30.7. The molecule has 6 nitrogen and oxygen atoms in total. The van der Waals surface area contributed by atoms with E-state index in [1.807, 2.05) is 49.4 Å². The summed E-state index contributed by atoms with van der Waals surface area (Å²) in [6.07, 6.45) is 12.3. The van der Waals surface area contributed by atoms with Crippen molar-refractivity contribution in [3.8, 4) is 0 Å². The number of nitrogens with zero attached hydrogens (tertiary/aromatic N) is 1. The summed E-state index contributed by atoms with van der Waals surface area (Å²) in [4.78, 5) is 37.6. The van der Waals surface area contributed by atoms with E-state index in [-0.39, 0.29) is 24.3 Å². The van der Waals surface area contributed by atoms with Crippen LogP contribution in [0.2, 0.25) is 0 Å². The number of esters is 2. The first kappa shape index (κ1) is 38.0. The van der Waals surface area contributed by atoms with Crippen LogP contribution in [-0.2, 0) is 24.5 Å². The molecule has 2 bridgehead atoms. The van der Waals surface area contributed by atoms with Gasteiger partial charge in [-0.3, -0.25) is 9.59 Å². The lowest BCUT2D eigenvalue weighted by Gasteiger charge is -2.47. The Morgan fingerprint density at radius 3 is 1.82 bits per heavy atom. The summed E-state index contributed by atoms with van der Waals surface area (Å²) in [7, 11) is 0. The normalized spacial score (nSPS) is 20.8. The molecule has 3 aromatic carbocycles. The SMILES string of the molecule is C=C/C(OC(=O)c1ccccc1)=C(\C)CC(=O)CCC.CCCC(C(=O)OC1CC2CCC(C1)[N+]21CCCC1)(c1ccccc1)c1ccccc1. The van der Waals surface area contributed by atoms with Crippen molar-refractivity contribution in [3.05, 3.63) is 132 Å². The molecule has 2 unspecified atom stereocenters. The van der Waals surface area contributed by atoms with Gasteiger partial charge in [0.15, 0.2) is 0 Å². The molecular formula is C45H56NO5+. The molecule has 1 spiro atoms. The smallest absolute Gasteiger partial charge is 0.343 e. The van der Waals surface area contributed by atoms with Crippen molar-refractivity contribution in [2.45, 2.75) is 115 Å². The Labute approximate surface area is 305 Å². The number of allylic oxidation sites excluding steroid dienone is 2. The maximum absolute atomic E-state index is 14.0. The number of rotatable bonds is 13. The van der Waals surface area contributed by atoms with E-state index in [0.717, 1.165) is 48.8 Å². The minimum absolute atomic E-state index is 0.0500. The maximum atomic E-state index is 14.0. The van der Waals surface area contributed by atoms with Gasteiger partial charge >= 0.3 is 11.9 Å². The molecule has 3 fully saturated rings. The van der Waals surface area contributed by atoms with Crippen LogP contribution in [0.15, 0.2) is 115 Å². The number of Topliss-reactive ketones (excluding diaryl/α,β-unsaturated/α-hetero) is 1. The van der Waals surface area contributed by atoms with Crippen molar-refractivity contribution in [1.29, 1.82) is 0 Å². The minimum atomic E-state index is -0.729. The van der Waals surface area contributed by atoms with Crippen LogP contribution < -0.4 is 0 Å². The lowest BCUT2D eigenvalue weighted by Crippen LogP contribution is -2.60. The summed E-state index contributed by atoms with van der Waals surface area (Å²) in [5.74, 6) is 0.0113. The van der Waals surface area contributed by atoms with Crippen LogP contribution in [0.25, 0.3) is 0 Å². The topological polar surface area (TPSA) is 69.7 Å². The molecule has 3 aliphatic heterocycles. The molecule has 3 heterocycles. The predicted molar refractivity (Wildman–Crippen MR) is 203 cm³/mol. The number of benzene rings is 3. The van der Waals surface area contributed by atoms with E-state index in [2.05, 4.69) is 37.8 Å². The standard InChI is InChI=1S/C28H36NO2.C17H20O3/c1-2-17-28(22-11-5-3-6-12-22,23-13-7-4-8-14-23)27(30)31-26-20-24-15-16-25(21-26)29(24)18-9-10-19-29;1-4-9-15(18)12-13(3)16(5-2)20-17(19)14-10-7-6-8-11-14/h3-8,11-14,24-26H,2,9-10,15-21H2,1H3;5-8,10-11H,2,4,9,12H2,1,3H3/q+1;/b;16-13-. The zero-order chi connectivity index (χ0) is 36.3. The molecule has 2 atom stereocenters. The minimum Gasteiger partial charge on any atom is -0.461 e. The van der Waals surface area contributed by atoms with Gasteiger partial charge in [-0.05, 0) is 54.7 Å². The van der Waals surface area contributed by atoms with E-state index in [9.17, 15) is 14.4 Å². The molecule has 0 aromatic heterocycles. The van der Waals surface area contributed by atoms with Crippen molar-refractivity contribution in [2.24, 2.45) is 0 Å². The van der Waals surface area contributed by atoms with Crippen LogP contribution in [0, 0.1) is 0 Å². The quantitative estimate of drug-likeness (QED) is 0.0773. The highest BCUT2D eigenvalue weighted by molar-refractivity contribution is 5.90. The second-order valence-electron chi connectivity index (χ2n) is 14.6. The number of quaternary nitrogens is 1. The molecule has 51 heavy (non-hydrogen) atoms. The first-order valence-corrected chi connectivity index (χ1v) is 19.1. The molecule has 0 saturated carbocycles. The van der Waals surface area contributed by atoms with Crippen molar-refractivity contribution in [1.82, 2.24) is 0 Å². The molecule has 0 aliphatic carbocycles. The maximum Gasteiger partial charge on any atom is 0.343 e. The third-order valence-electron chi connectivity index (χ3n) is 11.3. The number of carbonyl (C=O) groups is 3. The molecule has 0 radical (unpaired) electrons. The second-order valence-corrected chi connectivity index (χ2v) is 14.6. The Balaban J connectivity index is 0.000000220. The molecular weight excluding hydrogens is 634 g/mol. The first-order valence-electron chi connectivity index (χ1n) is 19.1. The first-order chi connectivity index (χ1) is 24.8. The van der Waals surface area contributed by atoms with E-state index in [0.29, 0.717) is 29.8 Å². The van der Waals surface area contributed by atoms with E-state index < -0.39 is 11.4 Å². The van der Waals surface area contributed by atoms with Crippen molar-refractivity contribution in [3.63, 3.8) is 0 Å². The van der Waals surface area contributed by atoms with Gasteiger partial charge in [0.1, 0.15) is 23.1 Å². The zero-order valence-corrected chi connectivity index (χ0v) is 30.9. The summed E-state index contributed by atoms with van der Waals surface area (Å²) >= 11 is 0. The summed E-state index contributed by atoms with van der Waals surface area (Å²) < 4.78 is 13.1. The Hall–Kier alpha value is -4.29. The number of piperidine rings is 1. The molecule has 3 aliphatic rings. The van der Waals surface area contributed by atoms with E-state index in [1.54, 1.807) is 31.2 Å². The fraction of sp³-hybridized carbons (Fsp3) is 0.444. The van der Waals surface area contributed by atoms with Gasteiger partial charge in [-0.1, -0.05) is 106 Å². The number of hydrogen-bond donors (Lipinski definition) is 0. The Kier molecular flexibility index (Phi) is 13.2. The van der Waals surface area contributed by atoms with Gasteiger partial charge in [-0.15, -0.1) is 0 Å². The molecule has 3 saturated heterocycles. The largest absolute Gasteiger partial charge is 0.461 e. The summed E-state index contributed by atoms with van der Waals surface area (Å²) in [6.45, 7) is 12.2. The number of hydrogen-bond acceptors (Lipinski definition) is 5. The number of carbonyl (C=O) groups excluding carboxylic acids is 3. The molecule has 6 rings (SSSR count). The fourth-order valence-electron chi connectivity index (χ4n) is 8.96. The number of ketones is 1. The predicted octanol–water partition coefficient (Wildman–Crippen LogP) is 9.68. The Morgan fingerprint density at radius 1 is 0.804 bits per heavy atom. The molecule has 6 heteroatoms. The zero-order valence-electron chi connectivity index (χ0n) is 30.9. The van der Waals surface area contributed by atoms with Crippen molar-refractivity contribution in [2.75, 3.05) is 13.1 Å². The van der Waals surface area contributed by atoms with Crippen LogP contribution in [0.3, 0.4) is 0 Å². The van der Waals surface area contributed by atoms with Gasteiger partial charge in [-0.2, -0.15) is 0 Å². The fourth-order valence-corrected chi connectivity index (χ4v) is 8.96.